The Morgan fingerprint density at radius 3 is 2.65 bits per heavy atom. The van der Waals surface area contributed by atoms with Gasteiger partial charge >= 0.3 is 0 Å². The Labute approximate surface area is 120 Å². The first kappa shape index (κ1) is 13.3. The molecule has 1 aromatic carbocycles. The van der Waals surface area contributed by atoms with Crippen molar-refractivity contribution in [2.24, 2.45) is 0 Å². The fourth-order valence-corrected chi connectivity index (χ4v) is 2.90. The van der Waals surface area contributed by atoms with Crippen molar-refractivity contribution in [3.63, 3.8) is 0 Å². The van der Waals surface area contributed by atoms with Crippen LogP contribution in [0.15, 0.2) is 18.2 Å². The number of piperidine rings is 1. The lowest BCUT2D eigenvalue weighted by atomic mass is 9.97. The SMILES string of the molecule is Cc1ccc(C)c(-n2nc(C)nc2C2CCNCC2)c1. The number of nitrogens with zero attached hydrogens (tertiary/aromatic N) is 3. The van der Waals surface area contributed by atoms with E-state index in [4.69, 9.17) is 4.98 Å². The predicted molar refractivity (Wildman–Crippen MR) is 80.4 cm³/mol. The summed E-state index contributed by atoms with van der Waals surface area (Å²) >= 11 is 0. The fraction of sp³-hybridized carbons (Fsp3) is 0.500. The summed E-state index contributed by atoms with van der Waals surface area (Å²) in [6, 6.07) is 6.51. The molecule has 1 N–H and O–H groups in total. The van der Waals surface area contributed by atoms with Gasteiger partial charge in [0.1, 0.15) is 11.6 Å². The van der Waals surface area contributed by atoms with E-state index in [2.05, 4.69) is 47.1 Å². The van der Waals surface area contributed by atoms with E-state index in [1.807, 2.05) is 6.92 Å². The number of benzene rings is 1. The van der Waals surface area contributed by atoms with Crippen LogP contribution in [0.4, 0.5) is 0 Å². The highest BCUT2D eigenvalue weighted by molar-refractivity contribution is 5.43. The summed E-state index contributed by atoms with van der Waals surface area (Å²) in [6.07, 6.45) is 2.28. The molecule has 0 saturated carbocycles. The van der Waals surface area contributed by atoms with E-state index in [9.17, 15) is 0 Å². The maximum atomic E-state index is 4.71. The summed E-state index contributed by atoms with van der Waals surface area (Å²) in [5.74, 6) is 2.49. The quantitative estimate of drug-likeness (QED) is 0.912. The van der Waals surface area contributed by atoms with E-state index < -0.39 is 0 Å². The van der Waals surface area contributed by atoms with Gasteiger partial charge in [-0.05, 0) is 63.9 Å². The summed E-state index contributed by atoms with van der Waals surface area (Å²) in [5.41, 5.74) is 3.67. The Morgan fingerprint density at radius 2 is 1.90 bits per heavy atom. The third kappa shape index (κ3) is 2.48. The van der Waals surface area contributed by atoms with Crippen LogP contribution in [-0.4, -0.2) is 27.9 Å². The van der Waals surface area contributed by atoms with Crippen molar-refractivity contribution in [3.05, 3.63) is 41.0 Å². The van der Waals surface area contributed by atoms with Gasteiger partial charge in [-0.15, -0.1) is 0 Å². The molecule has 1 fully saturated rings. The zero-order valence-corrected chi connectivity index (χ0v) is 12.5. The van der Waals surface area contributed by atoms with Crippen molar-refractivity contribution in [1.82, 2.24) is 20.1 Å². The molecule has 0 unspecified atom stereocenters. The van der Waals surface area contributed by atoms with E-state index in [0.717, 1.165) is 37.6 Å². The summed E-state index contributed by atoms with van der Waals surface area (Å²) in [7, 11) is 0. The van der Waals surface area contributed by atoms with Crippen LogP contribution >= 0.6 is 0 Å². The van der Waals surface area contributed by atoms with Crippen molar-refractivity contribution in [3.8, 4) is 5.69 Å². The molecule has 2 heterocycles. The minimum Gasteiger partial charge on any atom is -0.317 e. The van der Waals surface area contributed by atoms with Crippen LogP contribution in [0.25, 0.3) is 5.69 Å². The molecular weight excluding hydrogens is 248 g/mol. The zero-order valence-electron chi connectivity index (χ0n) is 12.5. The average molecular weight is 270 g/mol. The van der Waals surface area contributed by atoms with E-state index in [-0.39, 0.29) is 0 Å². The number of rotatable bonds is 2. The topological polar surface area (TPSA) is 42.7 Å². The molecule has 0 bridgehead atoms. The molecule has 1 aromatic heterocycles. The Bertz CT molecular complexity index is 609. The van der Waals surface area contributed by atoms with Gasteiger partial charge in [0, 0.05) is 5.92 Å². The minimum atomic E-state index is 0.511. The number of aryl methyl sites for hydroxylation is 3. The summed E-state index contributed by atoms with van der Waals surface area (Å²) in [6.45, 7) is 8.38. The fourth-order valence-electron chi connectivity index (χ4n) is 2.90. The van der Waals surface area contributed by atoms with Gasteiger partial charge in [-0.25, -0.2) is 9.67 Å². The Hall–Kier alpha value is -1.68. The van der Waals surface area contributed by atoms with Crippen LogP contribution in [0, 0.1) is 20.8 Å². The molecule has 4 heteroatoms. The molecule has 1 saturated heterocycles. The standard InChI is InChI=1S/C16H22N4/c1-11-4-5-12(2)15(10-11)20-16(18-13(3)19-20)14-6-8-17-9-7-14/h4-5,10,14,17H,6-9H2,1-3H3. The zero-order chi connectivity index (χ0) is 14.1. The Kier molecular flexibility index (Phi) is 3.57. The second-order valence-corrected chi connectivity index (χ2v) is 5.74. The largest absolute Gasteiger partial charge is 0.317 e. The molecule has 1 aliphatic rings. The smallest absolute Gasteiger partial charge is 0.148 e. The number of hydrogen-bond acceptors (Lipinski definition) is 3. The monoisotopic (exact) mass is 270 g/mol. The molecule has 0 amide bonds. The van der Waals surface area contributed by atoms with Crippen LogP contribution in [0.1, 0.15) is 41.5 Å². The molecule has 0 aliphatic carbocycles. The summed E-state index contributed by atoms with van der Waals surface area (Å²) in [5, 5.41) is 8.06. The van der Waals surface area contributed by atoms with Gasteiger partial charge in [-0.3, -0.25) is 0 Å². The van der Waals surface area contributed by atoms with Gasteiger partial charge in [0.2, 0.25) is 0 Å². The first-order chi connectivity index (χ1) is 9.65. The van der Waals surface area contributed by atoms with Gasteiger partial charge in [-0.1, -0.05) is 12.1 Å². The first-order valence-electron chi connectivity index (χ1n) is 7.37. The van der Waals surface area contributed by atoms with Crippen molar-refractivity contribution in [1.29, 1.82) is 0 Å². The van der Waals surface area contributed by atoms with E-state index in [1.165, 1.54) is 16.8 Å². The second kappa shape index (κ2) is 5.37. The lowest BCUT2D eigenvalue weighted by Crippen LogP contribution is -2.28. The average Bonchev–Trinajstić information content (AvgIpc) is 2.84. The van der Waals surface area contributed by atoms with Gasteiger partial charge in [0.05, 0.1) is 5.69 Å². The molecule has 106 valence electrons. The van der Waals surface area contributed by atoms with Crippen LogP contribution in [0.3, 0.4) is 0 Å². The molecule has 3 rings (SSSR count). The lowest BCUT2D eigenvalue weighted by molar-refractivity contribution is 0.438. The van der Waals surface area contributed by atoms with Crippen molar-refractivity contribution in [2.45, 2.75) is 39.5 Å². The Morgan fingerprint density at radius 1 is 1.15 bits per heavy atom. The minimum absolute atomic E-state index is 0.511. The van der Waals surface area contributed by atoms with Crippen molar-refractivity contribution >= 4 is 0 Å². The number of hydrogen-bond donors (Lipinski definition) is 1. The molecule has 2 aromatic rings. The normalized spacial score (nSPS) is 16.6. The lowest BCUT2D eigenvalue weighted by Gasteiger charge is -2.22. The summed E-state index contributed by atoms with van der Waals surface area (Å²) in [4.78, 5) is 4.71. The van der Waals surface area contributed by atoms with Gasteiger partial charge in [0.25, 0.3) is 0 Å². The van der Waals surface area contributed by atoms with Crippen LogP contribution in [0.5, 0.6) is 0 Å². The molecule has 0 atom stereocenters. The Balaban J connectivity index is 2.06. The third-order valence-electron chi connectivity index (χ3n) is 4.04. The van der Waals surface area contributed by atoms with Crippen molar-refractivity contribution < 1.29 is 0 Å². The molecule has 20 heavy (non-hydrogen) atoms. The van der Waals surface area contributed by atoms with Crippen LogP contribution in [0.2, 0.25) is 0 Å². The second-order valence-electron chi connectivity index (χ2n) is 5.74. The van der Waals surface area contributed by atoms with E-state index in [0.29, 0.717) is 5.92 Å². The maximum Gasteiger partial charge on any atom is 0.148 e. The molecule has 4 nitrogen and oxygen atoms in total. The van der Waals surface area contributed by atoms with Crippen LogP contribution < -0.4 is 5.32 Å². The van der Waals surface area contributed by atoms with Gasteiger partial charge in [0.15, 0.2) is 0 Å². The predicted octanol–water partition coefficient (Wildman–Crippen LogP) is 2.66. The first-order valence-corrected chi connectivity index (χ1v) is 7.37. The molecule has 0 spiro atoms. The van der Waals surface area contributed by atoms with Crippen LogP contribution in [-0.2, 0) is 0 Å². The summed E-state index contributed by atoms with van der Waals surface area (Å²) < 4.78 is 2.06. The van der Waals surface area contributed by atoms with Gasteiger partial charge < -0.3 is 5.32 Å². The van der Waals surface area contributed by atoms with Crippen molar-refractivity contribution in [2.75, 3.05) is 13.1 Å². The molecule has 0 radical (unpaired) electrons. The highest BCUT2D eigenvalue weighted by Gasteiger charge is 2.22. The van der Waals surface area contributed by atoms with Gasteiger partial charge in [-0.2, -0.15) is 5.10 Å². The number of nitrogens with one attached hydrogen (secondary N) is 1. The molecule has 1 aliphatic heterocycles. The maximum absolute atomic E-state index is 4.71. The highest BCUT2D eigenvalue weighted by atomic mass is 15.4. The highest BCUT2D eigenvalue weighted by Crippen LogP contribution is 2.27. The van der Waals surface area contributed by atoms with E-state index in [1.54, 1.807) is 0 Å². The molecular formula is C16H22N4. The number of aromatic nitrogens is 3. The van der Waals surface area contributed by atoms with E-state index >= 15 is 0 Å². The third-order valence-corrected chi connectivity index (χ3v) is 4.04.